The molecule has 0 saturated carbocycles. The Morgan fingerprint density at radius 2 is 1.54 bits per heavy atom. The summed E-state index contributed by atoms with van der Waals surface area (Å²) in [6.45, 7) is 10.4. The highest BCUT2D eigenvalue weighted by atomic mass is 79.9. The Morgan fingerprint density at radius 1 is 1.29 bits per heavy atom. The number of aromatic nitrogens is 1. The zero-order chi connectivity index (χ0) is 19.5. The number of halogens is 1. The van der Waals surface area contributed by atoms with Crippen LogP contribution in [0.5, 0.6) is 0 Å². The van der Waals surface area contributed by atoms with E-state index in [1.165, 1.54) is 24.2 Å². The molecule has 0 aliphatic carbocycles. The Hall–Kier alpha value is -0.770. The highest BCUT2D eigenvalue weighted by Crippen LogP contribution is 2.02. The average molecular weight is 450 g/mol. The minimum Gasteiger partial charge on any atom is -0.397 e. The van der Waals surface area contributed by atoms with Crippen molar-refractivity contribution in [2.45, 2.75) is 54.9 Å². The van der Waals surface area contributed by atoms with E-state index in [1.54, 1.807) is 13.1 Å². The van der Waals surface area contributed by atoms with Gasteiger partial charge in [0.2, 0.25) is 0 Å². The van der Waals surface area contributed by atoms with Crippen LogP contribution in [0.2, 0.25) is 0 Å². The van der Waals surface area contributed by atoms with Gasteiger partial charge in [0.05, 0.1) is 5.33 Å². The molecule has 0 fully saturated rings. The third kappa shape index (κ3) is 166. The van der Waals surface area contributed by atoms with Gasteiger partial charge >= 0.3 is 0 Å². The summed E-state index contributed by atoms with van der Waals surface area (Å²) in [7, 11) is 0. The number of aliphatic hydroxyl groups is 1. The molecule has 148 valence electrons. The van der Waals surface area contributed by atoms with E-state index >= 15 is 0 Å². The van der Waals surface area contributed by atoms with Crippen molar-refractivity contribution >= 4 is 56.0 Å². The van der Waals surface area contributed by atoms with Crippen molar-refractivity contribution in [2.24, 2.45) is 11.5 Å². The first-order valence-corrected chi connectivity index (χ1v) is 9.50. The maximum absolute atomic E-state index is 9.13. The summed E-state index contributed by atoms with van der Waals surface area (Å²) < 4.78 is 0. The summed E-state index contributed by atoms with van der Waals surface area (Å²) in [4.78, 5) is 12.8. The molecule has 1 heterocycles. The molecule has 0 amide bonds. The van der Waals surface area contributed by atoms with Crippen LogP contribution in [0.1, 0.15) is 54.9 Å². The Bertz CT molecular complexity index is 282. The van der Waals surface area contributed by atoms with Crippen LogP contribution >= 0.6 is 39.5 Å². The van der Waals surface area contributed by atoms with Crippen LogP contribution < -0.4 is 17.2 Å². The van der Waals surface area contributed by atoms with Gasteiger partial charge in [0.25, 0.3) is 0 Å². The van der Waals surface area contributed by atoms with Crippen LogP contribution in [0.25, 0.3) is 0 Å². The number of nitrogens with zero attached hydrogens (tertiary/aromatic N) is 1. The minimum atomic E-state index is 0. The number of aldehydes is 1. The second-order valence-corrected chi connectivity index (χ2v) is 5.37. The molecular weight excluding hydrogens is 412 g/mol. The Morgan fingerprint density at radius 3 is 1.58 bits per heavy atom. The molecule has 0 radical (unpaired) electrons. The summed E-state index contributed by atoms with van der Waals surface area (Å²) in [5, 5.41) is 10.5. The van der Waals surface area contributed by atoms with Crippen LogP contribution in [-0.4, -0.2) is 33.4 Å². The summed E-state index contributed by atoms with van der Waals surface area (Å²) in [6, 6.07) is 0. The third-order valence-corrected chi connectivity index (χ3v) is 1.38. The predicted molar refractivity (Wildman–Crippen MR) is 119 cm³/mol. The molecule has 0 atom stereocenters. The van der Waals surface area contributed by atoms with Crippen molar-refractivity contribution in [2.75, 3.05) is 17.7 Å². The monoisotopic (exact) mass is 448 g/mol. The number of rotatable bonds is 1. The number of carbonyl (C=O) groups excluding carboxylic acids is 1. The lowest BCUT2D eigenvalue weighted by Crippen LogP contribution is -2.18. The number of aliphatic hydroxyl groups excluding tert-OH is 1. The largest absolute Gasteiger partial charge is 0.397 e. The second kappa shape index (κ2) is 49.5. The maximum atomic E-state index is 9.13. The van der Waals surface area contributed by atoms with Gasteiger partial charge in [-0.2, -0.15) is 0 Å². The van der Waals surface area contributed by atoms with Gasteiger partial charge < -0.3 is 27.1 Å². The quantitative estimate of drug-likeness (QED) is 0.290. The number of thiocarbonyl (C=S) groups is 1. The van der Waals surface area contributed by atoms with Crippen molar-refractivity contribution < 1.29 is 9.90 Å². The van der Waals surface area contributed by atoms with Gasteiger partial charge in [-0.05, 0) is 19.1 Å². The first-order chi connectivity index (χ1) is 10.8. The number of nitrogens with two attached hydrogens (primary N) is 3. The van der Waals surface area contributed by atoms with E-state index in [2.05, 4.69) is 72.3 Å². The molecule has 7 N–H and O–H groups in total. The molecule has 0 unspecified atom stereocenters. The molecule has 24 heavy (non-hydrogen) atoms. The van der Waals surface area contributed by atoms with Crippen molar-refractivity contribution in [3.63, 3.8) is 0 Å². The molecule has 1 aromatic rings. The van der Waals surface area contributed by atoms with Crippen LogP contribution in [0.4, 0.5) is 5.13 Å². The fourth-order valence-corrected chi connectivity index (χ4v) is 0.617. The minimum absolute atomic E-state index is 0. The van der Waals surface area contributed by atoms with E-state index in [9.17, 15) is 0 Å². The van der Waals surface area contributed by atoms with E-state index in [1.807, 2.05) is 5.38 Å². The van der Waals surface area contributed by atoms with E-state index in [4.69, 9.17) is 15.6 Å². The molecule has 0 aromatic carbocycles. The SMILES string of the molecule is C.CCC.CCC.CCO.NC(N)=S.Nc1nccs1.O=CCBr. The van der Waals surface area contributed by atoms with Crippen LogP contribution in [0.3, 0.4) is 0 Å². The summed E-state index contributed by atoms with van der Waals surface area (Å²) >= 11 is 8.42. The van der Waals surface area contributed by atoms with E-state index in [0.29, 0.717) is 10.5 Å². The molecule has 0 bridgehead atoms. The lowest BCUT2D eigenvalue weighted by atomic mass is 10.6. The number of anilines is 1. The van der Waals surface area contributed by atoms with E-state index in [-0.39, 0.29) is 19.1 Å². The van der Waals surface area contributed by atoms with E-state index in [0.717, 1.165) is 6.29 Å². The average Bonchev–Trinajstić information content (AvgIpc) is 2.92. The fourth-order valence-electron chi connectivity index (χ4n) is 0.234. The number of nitrogen functional groups attached to an aromatic ring is 1. The lowest BCUT2D eigenvalue weighted by molar-refractivity contribution is -0.105. The van der Waals surface area contributed by atoms with Gasteiger partial charge in [-0.25, -0.2) is 4.98 Å². The summed E-state index contributed by atoms with van der Waals surface area (Å²) in [5.41, 5.74) is 14.4. The van der Waals surface area contributed by atoms with Gasteiger partial charge in [-0.3, -0.25) is 0 Å². The maximum Gasteiger partial charge on any atom is 0.179 e. The lowest BCUT2D eigenvalue weighted by Gasteiger charge is -1.68. The highest BCUT2D eigenvalue weighted by Gasteiger charge is 1.76. The first-order valence-electron chi connectivity index (χ1n) is 7.09. The molecular formula is C15H37BrN4O2S2. The smallest absolute Gasteiger partial charge is 0.179 e. The van der Waals surface area contributed by atoms with E-state index < -0.39 is 0 Å². The van der Waals surface area contributed by atoms with Crippen molar-refractivity contribution in [1.29, 1.82) is 0 Å². The third-order valence-electron chi connectivity index (χ3n) is 0.514. The highest BCUT2D eigenvalue weighted by molar-refractivity contribution is 9.09. The molecule has 0 aliphatic rings. The fraction of sp³-hybridized carbons (Fsp3) is 0.667. The van der Waals surface area contributed by atoms with Crippen LogP contribution in [-0.2, 0) is 4.79 Å². The molecule has 0 aliphatic heterocycles. The van der Waals surface area contributed by atoms with Crippen molar-refractivity contribution in [3.05, 3.63) is 11.6 Å². The standard InChI is InChI=1S/C3H4N2S.2C3H8.C2H3BrO.C2H6O.CH4N2S.CH4/c4-3-5-1-2-6-3;2*1-3-2;3-1-2-4;1-2-3;2-1(3)4;/h1-2H,(H2,4,5);2*3H2,1-2H3;2H,1H2;3H,2H2,1H3;(H4,2,3,4);1H4. The van der Waals surface area contributed by atoms with Gasteiger partial charge in [0, 0.05) is 18.2 Å². The van der Waals surface area contributed by atoms with Crippen LogP contribution in [0.15, 0.2) is 11.6 Å². The second-order valence-electron chi connectivity index (χ2n) is 3.32. The Labute approximate surface area is 166 Å². The molecule has 1 rings (SSSR count). The van der Waals surface area contributed by atoms with Crippen LogP contribution in [0, 0.1) is 0 Å². The normalized spacial score (nSPS) is 6.46. The van der Waals surface area contributed by atoms with Crippen molar-refractivity contribution in [1.82, 2.24) is 4.98 Å². The molecule has 0 spiro atoms. The summed E-state index contributed by atoms with van der Waals surface area (Å²) in [6.07, 6.45) is 4.97. The summed E-state index contributed by atoms with van der Waals surface area (Å²) in [5.74, 6) is 0. The Balaban J connectivity index is -0.0000000414. The number of alkyl halides is 1. The topological polar surface area (TPSA) is 128 Å². The van der Waals surface area contributed by atoms with Gasteiger partial charge in [-0.15, -0.1) is 11.3 Å². The molecule has 1 aromatic heterocycles. The number of hydrogen-bond donors (Lipinski definition) is 4. The number of thiazole rings is 1. The zero-order valence-corrected chi connectivity index (χ0v) is 18.0. The number of hydrogen-bond acceptors (Lipinski definition) is 6. The van der Waals surface area contributed by atoms with Gasteiger partial charge in [0.15, 0.2) is 10.2 Å². The molecule has 6 nitrogen and oxygen atoms in total. The predicted octanol–water partition coefficient (Wildman–Crippen LogP) is 3.96. The van der Waals surface area contributed by atoms with Gasteiger partial charge in [0.1, 0.15) is 6.29 Å². The first kappa shape index (κ1) is 38.7. The zero-order valence-electron chi connectivity index (χ0n) is 14.8. The molecule has 0 saturated heterocycles. The van der Waals surface area contributed by atoms with Gasteiger partial charge in [-0.1, -0.05) is 63.9 Å². The van der Waals surface area contributed by atoms with Crippen molar-refractivity contribution in [3.8, 4) is 0 Å². The Kier molecular flexibility index (Phi) is 79.7. The number of carbonyl (C=O) groups is 1. The molecule has 9 heteroatoms.